The molecule has 0 saturated carbocycles. The zero-order valence-corrected chi connectivity index (χ0v) is 14.8. The van der Waals surface area contributed by atoms with Gasteiger partial charge >= 0.3 is 0 Å². The maximum Gasteiger partial charge on any atom is 0.252 e. The van der Waals surface area contributed by atoms with Gasteiger partial charge in [0, 0.05) is 29.9 Å². The van der Waals surface area contributed by atoms with Crippen LogP contribution in [0.4, 0.5) is 0 Å². The molecule has 0 atom stereocenters. The summed E-state index contributed by atoms with van der Waals surface area (Å²) < 4.78 is 0. The summed E-state index contributed by atoms with van der Waals surface area (Å²) in [5.41, 5.74) is 4.32. The fourth-order valence-corrected chi connectivity index (χ4v) is 3.91. The minimum absolute atomic E-state index is 0.0620. The molecule has 130 valence electrons. The largest absolute Gasteiger partial charge is 0.348 e. The van der Waals surface area contributed by atoms with Gasteiger partial charge in [-0.3, -0.25) is 9.78 Å². The number of hydrogen-bond donors (Lipinski definition) is 1. The summed E-state index contributed by atoms with van der Waals surface area (Å²) in [7, 11) is 0. The number of hydrogen-bond acceptors (Lipinski definition) is 2. The van der Waals surface area contributed by atoms with E-state index in [1.807, 2.05) is 24.3 Å². The standard InChI is InChI=1S/C24H18N2O/c27-24(26-15-16-4-3-13-25-14-16)22-8-2-6-18-10-11-20-19-7-1-5-17(19)9-12-21(20)23(18)22/h1-4,6-14H,5,15H2,(H,26,27). The third-order valence-electron chi connectivity index (χ3n) is 5.22. The van der Waals surface area contributed by atoms with E-state index < -0.39 is 0 Å². The highest BCUT2D eigenvalue weighted by molar-refractivity contribution is 6.19. The lowest BCUT2D eigenvalue weighted by atomic mass is 9.93. The number of fused-ring (bicyclic) bond motifs is 5. The quantitative estimate of drug-likeness (QED) is 0.535. The average molecular weight is 350 g/mol. The second kappa shape index (κ2) is 6.36. The summed E-state index contributed by atoms with van der Waals surface area (Å²) in [4.78, 5) is 17.1. The molecule has 0 aliphatic heterocycles. The highest BCUT2D eigenvalue weighted by Gasteiger charge is 2.15. The van der Waals surface area contributed by atoms with Crippen LogP contribution in [0.25, 0.3) is 27.6 Å². The molecule has 1 aliphatic carbocycles. The molecule has 1 aromatic heterocycles. The number of carbonyl (C=O) groups excluding carboxylic acids is 1. The molecule has 3 nitrogen and oxygen atoms in total. The van der Waals surface area contributed by atoms with E-state index in [9.17, 15) is 4.79 Å². The van der Waals surface area contributed by atoms with Gasteiger partial charge in [0.15, 0.2) is 0 Å². The van der Waals surface area contributed by atoms with Crippen molar-refractivity contribution in [1.29, 1.82) is 0 Å². The predicted octanol–water partition coefficient (Wildman–Crippen LogP) is 4.89. The molecule has 1 heterocycles. The lowest BCUT2D eigenvalue weighted by Crippen LogP contribution is -2.23. The fraction of sp³-hybridized carbons (Fsp3) is 0.0833. The van der Waals surface area contributed by atoms with E-state index in [-0.39, 0.29) is 5.91 Å². The Morgan fingerprint density at radius 3 is 2.81 bits per heavy atom. The summed E-state index contributed by atoms with van der Waals surface area (Å²) in [6.45, 7) is 0.464. The van der Waals surface area contributed by atoms with Gasteiger partial charge < -0.3 is 5.32 Å². The van der Waals surface area contributed by atoms with Crippen molar-refractivity contribution in [3.05, 3.63) is 95.3 Å². The summed E-state index contributed by atoms with van der Waals surface area (Å²) in [5, 5.41) is 7.47. The number of nitrogens with one attached hydrogen (secondary N) is 1. The van der Waals surface area contributed by atoms with Gasteiger partial charge in [-0.05, 0) is 51.4 Å². The second-order valence-electron chi connectivity index (χ2n) is 6.85. The highest BCUT2D eigenvalue weighted by Crippen LogP contribution is 2.34. The van der Waals surface area contributed by atoms with Crippen LogP contribution in [0, 0.1) is 0 Å². The number of pyridine rings is 1. The van der Waals surface area contributed by atoms with Gasteiger partial charge in [-0.25, -0.2) is 0 Å². The molecule has 0 fully saturated rings. The van der Waals surface area contributed by atoms with E-state index in [1.165, 1.54) is 16.5 Å². The Balaban J connectivity index is 1.61. The molecular formula is C24H18N2O. The third-order valence-corrected chi connectivity index (χ3v) is 5.22. The van der Waals surface area contributed by atoms with Gasteiger partial charge in [0.1, 0.15) is 0 Å². The Labute approximate surface area is 157 Å². The van der Waals surface area contributed by atoms with E-state index in [0.717, 1.165) is 28.1 Å². The van der Waals surface area contributed by atoms with E-state index >= 15 is 0 Å². The van der Waals surface area contributed by atoms with Crippen molar-refractivity contribution in [2.45, 2.75) is 13.0 Å². The predicted molar refractivity (Wildman–Crippen MR) is 110 cm³/mol. The second-order valence-corrected chi connectivity index (χ2v) is 6.85. The molecule has 0 spiro atoms. The van der Waals surface area contributed by atoms with E-state index in [2.05, 4.69) is 52.8 Å². The molecule has 0 unspecified atom stereocenters. The van der Waals surface area contributed by atoms with Crippen LogP contribution in [0.15, 0.2) is 73.1 Å². The number of nitrogens with zero attached hydrogens (tertiary/aromatic N) is 1. The molecule has 0 radical (unpaired) electrons. The molecule has 3 aromatic carbocycles. The zero-order chi connectivity index (χ0) is 18.2. The van der Waals surface area contributed by atoms with Gasteiger partial charge in [-0.1, -0.05) is 54.6 Å². The lowest BCUT2D eigenvalue weighted by Gasteiger charge is -2.12. The summed E-state index contributed by atoms with van der Waals surface area (Å²) in [5.74, 6) is -0.0620. The molecule has 27 heavy (non-hydrogen) atoms. The number of allylic oxidation sites excluding steroid dienone is 1. The Morgan fingerprint density at radius 1 is 1.00 bits per heavy atom. The number of aromatic nitrogens is 1. The molecule has 5 rings (SSSR count). The number of amides is 1. The van der Waals surface area contributed by atoms with Gasteiger partial charge in [0.05, 0.1) is 0 Å². The van der Waals surface area contributed by atoms with Crippen molar-refractivity contribution < 1.29 is 4.79 Å². The van der Waals surface area contributed by atoms with E-state index in [0.29, 0.717) is 12.1 Å². The molecule has 1 aliphatic rings. The molecule has 4 aromatic rings. The Bertz CT molecular complexity index is 1210. The lowest BCUT2D eigenvalue weighted by molar-refractivity contribution is 0.0952. The Kier molecular flexibility index (Phi) is 3.72. The Morgan fingerprint density at radius 2 is 1.93 bits per heavy atom. The molecule has 0 saturated heterocycles. The highest BCUT2D eigenvalue weighted by atomic mass is 16.1. The van der Waals surface area contributed by atoms with E-state index in [1.54, 1.807) is 12.4 Å². The molecular weight excluding hydrogens is 332 g/mol. The van der Waals surface area contributed by atoms with Crippen molar-refractivity contribution in [3.8, 4) is 0 Å². The normalized spacial score (nSPS) is 12.4. The Hall–Kier alpha value is -3.46. The minimum atomic E-state index is -0.0620. The zero-order valence-electron chi connectivity index (χ0n) is 14.8. The maximum absolute atomic E-state index is 13.0. The van der Waals surface area contributed by atoms with Crippen molar-refractivity contribution in [2.75, 3.05) is 0 Å². The SMILES string of the molecule is O=C(NCc1cccnc1)c1cccc2ccc3c4c(ccc3c12)CC=C4. The number of rotatable bonds is 3. The first kappa shape index (κ1) is 15.8. The fourth-order valence-electron chi connectivity index (χ4n) is 3.91. The first-order valence-electron chi connectivity index (χ1n) is 9.12. The first-order chi connectivity index (χ1) is 13.3. The number of benzene rings is 3. The number of carbonyl (C=O) groups is 1. The maximum atomic E-state index is 13.0. The summed E-state index contributed by atoms with van der Waals surface area (Å²) in [6, 6.07) is 18.4. The van der Waals surface area contributed by atoms with Crippen molar-refractivity contribution >= 4 is 33.5 Å². The van der Waals surface area contributed by atoms with Crippen LogP contribution >= 0.6 is 0 Å². The van der Waals surface area contributed by atoms with Crippen LogP contribution in [0.2, 0.25) is 0 Å². The van der Waals surface area contributed by atoms with E-state index in [4.69, 9.17) is 0 Å². The molecule has 0 bridgehead atoms. The first-order valence-corrected chi connectivity index (χ1v) is 9.12. The molecule has 3 heteroatoms. The van der Waals surface area contributed by atoms with Crippen LogP contribution in [0.5, 0.6) is 0 Å². The monoisotopic (exact) mass is 350 g/mol. The van der Waals surface area contributed by atoms with Gasteiger partial charge in [0.25, 0.3) is 5.91 Å². The van der Waals surface area contributed by atoms with Gasteiger partial charge in [-0.15, -0.1) is 0 Å². The molecule has 1 N–H and O–H groups in total. The smallest absolute Gasteiger partial charge is 0.252 e. The van der Waals surface area contributed by atoms with Crippen molar-refractivity contribution in [2.24, 2.45) is 0 Å². The van der Waals surface area contributed by atoms with Gasteiger partial charge in [0.2, 0.25) is 0 Å². The average Bonchev–Trinajstić information content (AvgIpc) is 3.21. The van der Waals surface area contributed by atoms with Crippen LogP contribution in [-0.2, 0) is 13.0 Å². The van der Waals surface area contributed by atoms with Crippen LogP contribution in [0.1, 0.15) is 27.0 Å². The summed E-state index contributed by atoms with van der Waals surface area (Å²) >= 11 is 0. The summed E-state index contributed by atoms with van der Waals surface area (Å²) in [6.07, 6.45) is 8.87. The van der Waals surface area contributed by atoms with Crippen molar-refractivity contribution in [3.63, 3.8) is 0 Å². The van der Waals surface area contributed by atoms with Gasteiger partial charge in [-0.2, -0.15) is 0 Å². The minimum Gasteiger partial charge on any atom is -0.348 e. The van der Waals surface area contributed by atoms with Crippen LogP contribution in [0.3, 0.4) is 0 Å². The third kappa shape index (κ3) is 2.68. The topological polar surface area (TPSA) is 42.0 Å². The van der Waals surface area contributed by atoms with Crippen LogP contribution in [-0.4, -0.2) is 10.9 Å². The van der Waals surface area contributed by atoms with Crippen molar-refractivity contribution in [1.82, 2.24) is 10.3 Å². The molecule has 1 amide bonds. The van der Waals surface area contributed by atoms with Crippen LogP contribution < -0.4 is 5.32 Å².